The van der Waals surface area contributed by atoms with E-state index in [2.05, 4.69) is 30.6 Å². The molecule has 4 aromatic rings. The summed E-state index contributed by atoms with van der Waals surface area (Å²) in [4.78, 5) is 16.7. The second-order valence-corrected chi connectivity index (χ2v) is 5.60. The Bertz CT molecular complexity index is 906. The molecule has 6 nitrogen and oxygen atoms in total. The van der Waals surface area contributed by atoms with Gasteiger partial charge in [-0.2, -0.15) is 0 Å². The number of para-hydroxylation sites is 1. The molecule has 126 valence electrons. The van der Waals surface area contributed by atoms with Crippen molar-refractivity contribution in [1.82, 2.24) is 19.9 Å². The third kappa shape index (κ3) is 3.81. The summed E-state index contributed by atoms with van der Waals surface area (Å²) >= 11 is 0. The number of pyridine rings is 2. The Hall–Kier alpha value is -3.80. The number of hydrogen-bond acceptors (Lipinski definition) is 6. The lowest BCUT2D eigenvalue weighted by Gasteiger charge is -2.09. The van der Waals surface area contributed by atoms with E-state index in [1.807, 2.05) is 54.6 Å². The van der Waals surface area contributed by atoms with Gasteiger partial charge in [-0.05, 0) is 47.5 Å². The third-order valence-electron chi connectivity index (χ3n) is 3.73. The number of hydrogen-bond donors (Lipinski definition) is 2. The Morgan fingerprint density at radius 2 is 1.19 bits per heavy atom. The van der Waals surface area contributed by atoms with Gasteiger partial charge in [-0.1, -0.05) is 18.2 Å². The highest BCUT2D eigenvalue weighted by Gasteiger charge is 2.04. The van der Waals surface area contributed by atoms with E-state index in [4.69, 9.17) is 0 Å². The maximum absolute atomic E-state index is 4.39. The molecular weight excluding hydrogens is 324 g/mol. The first-order chi connectivity index (χ1) is 12.9. The van der Waals surface area contributed by atoms with E-state index in [1.165, 1.54) is 6.33 Å². The Morgan fingerprint density at radius 3 is 1.81 bits per heavy atom. The van der Waals surface area contributed by atoms with Crippen LogP contribution in [-0.4, -0.2) is 19.9 Å². The van der Waals surface area contributed by atoms with Crippen molar-refractivity contribution >= 4 is 23.0 Å². The van der Waals surface area contributed by atoms with Crippen molar-refractivity contribution < 1.29 is 0 Å². The van der Waals surface area contributed by atoms with Crippen molar-refractivity contribution in [1.29, 1.82) is 0 Å². The Kier molecular flexibility index (Phi) is 4.47. The fourth-order valence-corrected chi connectivity index (χ4v) is 2.54. The van der Waals surface area contributed by atoms with Crippen LogP contribution >= 0.6 is 0 Å². The molecule has 0 amide bonds. The van der Waals surface area contributed by atoms with Gasteiger partial charge in [-0.15, -0.1) is 0 Å². The highest BCUT2D eigenvalue weighted by molar-refractivity contribution is 5.71. The third-order valence-corrected chi connectivity index (χ3v) is 3.73. The lowest BCUT2D eigenvalue weighted by atomic mass is 10.1. The molecule has 0 atom stereocenters. The zero-order chi connectivity index (χ0) is 17.6. The largest absolute Gasteiger partial charge is 0.340 e. The van der Waals surface area contributed by atoms with E-state index in [1.54, 1.807) is 24.8 Å². The normalized spacial score (nSPS) is 10.3. The predicted molar refractivity (Wildman–Crippen MR) is 103 cm³/mol. The molecular formula is C20H16N6. The van der Waals surface area contributed by atoms with Crippen molar-refractivity contribution in [3.8, 4) is 11.1 Å². The first-order valence-corrected chi connectivity index (χ1v) is 8.13. The molecule has 0 fully saturated rings. The van der Waals surface area contributed by atoms with Gasteiger partial charge in [0.1, 0.15) is 18.0 Å². The van der Waals surface area contributed by atoms with Crippen molar-refractivity contribution in [2.75, 3.05) is 10.6 Å². The van der Waals surface area contributed by atoms with Gasteiger partial charge in [0, 0.05) is 18.1 Å². The van der Waals surface area contributed by atoms with Gasteiger partial charge in [0.15, 0.2) is 0 Å². The molecule has 0 unspecified atom stereocenters. The van der Waals surface area contributed by atoms with Crippen LogP contribution in [0.2, 0.25) is 0 Å². The van der Waals surface area contributed by atoms with Crippen LogP contribution in [-0.2, 0) is 0 Å². The average Bonchev–Trinajstić information content (AvgIpc) is 2.70. The van der Waals surface area contributed by atoms with Crippen LogP contribution in [0, 0.1) is 0 Å². The van der Waals surface area contributed by atoms with Crippen molar-refractivity contribution in [3.63, 3.8) is 0 Å². The van der Waals surface area contributed by atoms with Crippen LogP contribution in [0.5, 0.6) is 0 Å². The monoisotopic (exact) mass is 340 g/mol. The SMILES string of the molecule is c1ccc(Nc2cc(-c3ccnc(Nc4cncnc4)c3)ccn2)cc1. The first-order valence-electron chi connectivity index (χ1n) is 8.13. The summed E-state index contributed by atoms with van der Waals surface area (Å²) in [6.45, 7) is 0. The van der Waals surface area contributed by atoms with Crippen molar-refractivity contribution in [2.45, 2.75) is 0 Å². The highest BCUT2D eigenvalue weighted by atomic mass is 15.0. The topological polar surface area (TPSA) is 75.6 Å². The fraction of sp³-hybridized carbons (Fsp3) is 0. The number of aromatic nitrogens is 4. The number of rotatable bonds is 5. The molecule has 0 aliphatic carbocycles. The molecule has 4 rings (SSSR count). The van der Waals surface area contributed by atoms with Crippen LogP contribution in [0.3, 0.4) is 0 Å². The lowest BCUT2D eigenvalue weighted by molar-refractivity contribution is 1.16. The summed E-state index contributed by atoms with van der Waals surface area (Å²) in [6, 6.07) is 17.9. The first kappa shape index (κ1) is 15.7. The summed E-state index contributed by atoms with van der Waals surface area (Å²) < 4.78 is 0. The Morgan fingerprint density at radius 1 is 0.615 bits per heavy atom. The lowest BCUT2D eigenvalue weighted by Crippen LogP contribution is -1.96. The van der Waals surface area contributed by atoms with Gasteiger partial charge in [-0.25, -0.2) is 19.9 Å². The second kappa shape index (κ2) is 7.40. The van der Waals surface area contributed by atoms with Crippen LogP contribution in [0.15, 0.2) is 85.7 Å². The number of nitrogens with zero attached hydrogens (tertiary/aromatic N) is 4. The van der Waals surface area contributed by atoms with Crippen LogP contribution < -0.4 is 10.6 Å². The van der Waals surface area contributed by atoms with E-state index in [0.717, 1.165) is 34.1 Å². The zero-order valence-corrected chi connectivity index (χ0v) is 13.9. The predicted octanol–water partition coefficient (Wildman–Crippen LogP) is 4.42. The summed E-state index contributed by atoms with van der Waals surface area (Å²) in [5, 5.41) is 6.51. The van der Waals surface area contributed by atoms with Gasteiger partial charge in [0.2, 0.25) is 0 Å². The number of benzene rings is 1. The molecule has 0 bridgehead atoms. The minimum atomic E-state index is 0.728. The summed E-state index contributed by atoms with van der Waals surface area (Å²) in [6.07, 6.45) is 8.46. The van der Waals surface area contributed by atoms with E-state index in [-0.39, 0.29) is 0 Å². The number of nitrogens with one attached hydrogen (secondary N) is 2. The smallest absolute Gasteiger partial charge is 0.130 e. The van der Waals surface area contributed by atoms with Crippen LogP contribution in [0.1, 0.15) is 0 Å². The zero-order valence-electron chi connectivity index (χ0n) is 13.9. The molecule has 6 heteroatoms. The maximum Gasteiger partial charge on any atom is 0.130 e. The quantitative estimate of drug-likeness (QED) is 0.560. The molecule has 2 N–H and O–H groups in total. The molecule has 3 aromatic heterocycles. The number of anilines is 4. The molecule has 3 heterocycles. The molecule has 0 aliphatic rings. The van der Waals surface area contributed by atoms with Gasteiger partial charge in [-0.3, -0.25) is 0 Å². The van der Waals surface area contributed by atoms with Gasteiger partial charge in [0.05, 0.1) is 18.1 Å². The molecule has 1 aromatic carbocycles. The van der Waals surface area contributed by atoms with Gasteiger partial charge < -0.3 is 10.6 Å². The minimum absolute atomic E-state index is 0.728. The fourth-order valence-electron chi connectivity index (χ4n) is 2.54. The van der Waals surface area contributed by atoms with E-state index >= 15 is 0 Å². The Labute approximate surface area is 151 Å². The maximum atomic E-state index is 4.39. The van der Waals surface area contributed by atoms with E-state index in [0.29, 0.717) is 0 Å². The molecule has 0 aliphatic heterocycles. The molecule has 0 spiro atoms. The second-order valence-electron chi connectivity index (χ2n) is 5.60. The van der Waals surface area contributed by atoms with Gasteiger partial charge in [0.25, 0.3) is 0 Å². The molecule has 26 heavy (non-hydrogen) atoms. The highest BCUT2D eigenvalue weighted by Crippen LogP contribution is 2.25. The van der Waals surface area contributed by atoms with Crippen molar-refractivity contribution in [2.24, 2.45) is 0 Å². The molecule has 0 saturated carbocycles. The average molecular weight is 340 g/mol. The van der Waals surface area contributed by atoms with Crippen molar-refractivity contribution in [3.05, 3.63) is 85.7 Å². The molecule has 0 radical (unpaired) electrons. The summed E-state index contributed by atoms with van der Waals surface area (Å²) in [7, 11) is 0. The van der Waals surface area contributed by atoms with E-state index < -0.39 is 0 Å². The van der Waals surface area contributed by atoms with E-state index in [9.17, 15) is 0 Å². The summed E-state index contributed by atoms with van der Waals surface area (Å²) in [5.41, 5.74) is 3.88. The minimum Gasteiger partial charge on any atom is -0.340 e. The van der Waals surface area contributed by atoms with Gasteiger partial charge >= 0.3 is 0 Å². The van der Waals surface area contributed by atoms with Crippen LogP contribution in [0.4, 0.5) is 23.0 Å². The standard InChI is InChI=1S/C20H16N6/c1-2-4-17(5-3-1)25-19-10-15(6-8-23-19)16-7-9-24-20(11-16)26-18-12-21-14-22-13-18/h1-14H,(H,23,25)(H,24,26). The van der Waals surface area contributed by atoms with Crippen LogP contribution in [0.25, 0.3) is 11.1 Å². The Balaban J connectivity index is 1.57. The summed E-state index contributed by atoms with van der Waals surface area (Å²) in [5.74, 6) is 1.52. The molecule has 0 saturated heterocycles.